The Morgan fingerprint density at radius 3 is 2.42 bits per heavy atom. The molecule has 1 aromatic heterocycles. The van der Waals surface area contributed by atoms with E-state index in [1.54, 1.807) is 18.5 Å². The number of nitrogens with one attached hydrogen (secondary N) is 1. The number of sulfonamides is 1. The van der Waals surface area contributed by atoms with Crippen LogP contribution in [0.15, 0.2) is 59.5 Å². The molecule has 0 aliphatic carbocycles. The van der Waals surface area contributed by atoms with E-state index in [0.29, 0.717) is 11.4 Å². The summed E-state index contributed by atoms with van der Waals surface area (Å²) in [6.45, 7) is 3.27. The largest absolute Gasteiger partial charge is 0.279 e. The molecule has 3 rings (SSSR count). The quantitative estimate of drug-likeness (QED) is 0.547. The van der Waals surface area contributed by atoms with Gasteiger partial charge in [0.1, 0.15) is 4.90 Å². The lowest BCUT2D eigenvalue weighted by molar-refractivity contribution is -0.384. The lowest BCUT2D eigenvalue weighted by Gasteiger charge is -2.09. The van der Waals surface area contributed by atoms with Crippen molar-refractivity contribution in [3.05, 3.63) is 76.1 Å². The summed E-state index contributed by atoms with van der Waals surface area (Å²) in [7, 11) is -3.96. The van der Waals surface area contributed by atoms with Gasteiger partial charge in [-0.1, -0.05) is 24.3 Å². The van der Waals surface area contributed by atoms with Crippen LogP contribution in [0.1, 0.15) is 11.4 Å². The Morgan fingerprint density at radius 1 is 1.08 bits per heavy atom. The zero-order valence-corrected chi connectivity index (χ0v) is 14.9. The van der Waals surface area contributed by atoms with Gasteiger partial charge in [-0.3, -0.25) is 14.8 Å². The summed E-state index contributed by atoms with van der Waals surface area (Å²) in [5.74, 6) is 0. The molecule has 9 heteroatoms. The van der Waals surface area contributed by atoms with E-state index in [9.17, 15) is 18.5 Å². The fourth-order valence-electron chi connectivity index (χ4n) is 2.73. The predicted molar refractivity (Wildman–Crippen MR) is 96.9 cm³/mol. The summed E-state index contributed by atoms with van der Waals surface area (Å²) in [5, 5.41) is 15.2. The smallest absolute Gasteiger partial charge is 0.271 e. The molecule has 26 heavy (non-hydrogen) atoms. The minimum absolute atomic E-state index is 0.0489. The molecule has 0 amide bonds. The van der Waals surface area contributed by atoms with Crippen molar-refractivity contribution in [2.75, 3.05) is 4.72 Å². The monoisotopic (exact) mass is 372 g/mol. The molecule has 1 heterocycles. The van der Waals surface area contributed by atoms with Gasteiger partial charge < -0.3 is 0 Å². The van der Waals surface area contributed by atoms with Crippen molar-refractivity contribution >= 4 is 21.4 Å². The number of nitrogens with zero attached hydrogens (tertiary/aromatic N) is 3. The van der Waals surface area contributed by atoms with E-state index in [0.717, 1.165) is 5.69 Å². The molecular formula is C17H16N4O4S. The summed E-state index contributed by atoms with van der Waals surface area (Å²) in [6, 6.07) is 14.5. The van der Waals surface area contributed by atoms with E-state index in [2.05, 4.69) is 9.82 Å². The highest BCUT2D eigenvalue weighted by Gasteiger charge is 2.25. The van der Waals surface area contributed by atoms with Crippen LogP contribution in [0.25, 0.3) is 5.69 Å². The van der Waals surface area contributed by atoms with E-state index >= 15 is 0 Å². The van der Waals surface area contributed by atoms with Gasteiger partial charge in [0, 0.05) is 12.1 Å². The summed E-state index contributed by atoms with van der Waals surface area (Å²) in [4.78, 5) is 10.3. The van der Waals surface area contributed by atoms with Gasteiger partial charge in [0.25, 0.3) is 15.7 Å². The van der Waals surface area contributed by atoms with Crippen LogP contribution in [0, 0.1) is 24.0 Å². The molecule has 0 aliphatic rings. The average Bonchev–Trinajstić information content (AvgIpc) is 2.90. The first-order chi connectivity index (χ1) is 12.3. The Morgan fingerprint density at radius 2 is 1.77 bits per heavy atom. The van der Waals surface area contributed by atoms with Crippen molar-refractivity contribution in [3.63, 3.8) is 0 Å². The molecule has 0 aliphatic heterocycles. The van der Waals surface area contributed by atoms with Crippen LogP contribution in [0.3, 0.4) is 0 Å². The van der Waals surface area contributed by atoms with Crippen LogP contribution in [-0.4, -0.2) is 23.1 Å². The van der Waals surface area contributed by atoms with Crippen molar-refractivity contribution < 1.29 is 13.3 Å². The van der Waals surface area contributed by atoms with Crippen molar-refractivity contribution in [2.45, 2.75) is 18.7 Å². The number of para-hydroxylation sites is 1. The first-order valence-corrected chi connectivity index (χ1v) is 9.17. The molecule has 0 bridgehead atoms. The van der Waals surface area contributed by atoms with E-state index < -0.39 is 14.9 Å². The third kappa shape index (κ3) is 3.29. The second-order valence-corrected chi connectivity index (χ2v) is 7.28. The third-order valence-corrected chi connectivity index (χ3v) is 5.44. The minimum Gasteiger partial charge on any atom is -0.279 e. The maximum atomic E-state index is 12.8. The normalized spacial score (nSPS) is 11.3. The zero-order chi connectivity index (χ0) is 18.9. The third-order valence-electron chi connectivity index (χ3n) is 3.80. The lowest BCUT2D eigenvalue weighted by atomic mass is 10.3. The molecule has 0 saturated carbocycles. The number of rotatable bonds is 5. The molecule has 0 radical (unpaired) electrons. The summed E-state index contributed by atoms with van der Waals surface area (Å²) >= 11 is 0. The van der Waals surface area contributed by atoms with E-state index in [1.807, 2.05) is 30.3 Å². The predicted octanol–water partition coefficient (Wildman–Crippen LogP) is 3.20. The van der Waals surface area contributed by atoms with Gasteiger partial charge in [0.05, 0.1) is 27.7 Å². The maximum Gasteiger partial charge on any atom is 0.271 e. The standard InChI is InChI=1S/C17H16N4O4S/c1-12-17(13(2)20(18-12)15-8-4-3-5-9-15)26(24,25)19-14-7-6-10-16(11-14)21(22)23/h3-11,19H,1-2H3. The Labute approximate surface area is 150 Å². The first-order valence-electron chi connectivity index (χ1n) is 7.68. The maximum absolute atomic E-state index is 12.8. The van der Waals surface area contributed by atoms with Crippen LogP contribution in [0.2, 0.25) is 0 Å². The van der Waals surface area contributed by atoms with E-state index in [4.69, 9.17) is 0 Å². The van der Waals surface area contributed by atoms with Gasteiger partial charge in [-0.15, -0.1) is 0 Å². The summed E-state index contributed by atoms with van der Waals surface area (Å²) < 4.78 is 29.6. The van der Waals surface area contributed by atoms with Crippen molar-refractivity contribution in [1.29, 1.82) is 0 Å². The zero-order valence-electron chi connectivity index (χ0n) is 14.1. The van der Waals surface area contributed by atoms with Gasteiger partial charge >= 0.3 is 0 Å². The highest BCUT2D eigenvalue weighted by molar-refractivity contribution is 7.92. The van der Waals surface area contributed by atoms with Crippen molar-refractivity contribution in [3.8, 4) is 5.69 Å². The Bertz CT molecular complexity index is 1080. The van der Waals surface area contributed by atoms with Gasteiger partial charge in [0.2, 0.25) is 0 Å². The van der Waals surface area contributed by atoms with Gasteiger partial charge in [-0.2, -0.15) is 5.10 Å². The number of hydrogen-bond donors (Lipinski definition) is 1. The van der Waals surface area contributed by atoms with Gasteiger partial charge in [0.15, 0.2) is 0 Å². The first kappa shape index (κ1) is 17.6. The summed E-state index contributed by atoms with van der Waals surface area (Å²) in [6.07, 6.45) is 0. The number of anilines is 1. The molecule has 0 atom stereocenters. The molecule has 0 unspecified atom stereocenters. The molecule has 8 nitrogen and oxygen atoms in total. The minimum atomic E-state index is -3.96. The van der Waals surface area contributed by atoms with Crippen LogP contribution in [0.5, 0.6) is 0 Å². The Balaban J connectivity index is 2.02. The Kier molecular flexibility index (Phi) is 4.47. The second kappa shape index (κ2) is 6.60. The van der Waals surface area contributed by atoms with Crippen LogP contribution in [0.4, 0.5) is 11.4 Å². The van der Waals surface area contributed by atoms with Crippen molar-refractivity contribution in [1.82, 2.24) is 9.78 Å². The SMILES string of the molecule is Cc1nn(-c2ccccc2)c(C)c1S(=O)(=O)Nc1cccc([N+](=O)[O-])c1. The number of aryl methyl sites for hydroxylation is 1. The number of aromatic nitrogens is 2. The van der Waals surface area contributed by atoms with E-state index in [-0.39, 0.29) is 16.3 Å². The number of benzene rings is 2. The second-order valence-electron chi connectivity index (χ2n) is 5.66. The molecule has 1 N–H and O–H groups in total. The molecule has 0 spiro atoms. The fourth-order valence-corrected chi connectivity index (χ4v) is 4.17. The van der Waals surface area contributed by atoms with Gasteiger partial charge in [-0.05, 0) is 32.0 Å². The lowest BCUT2D eigenvalue weighted by Crippen LogP contribution is -2.15. The number of nitro groups is 1. The van der Waals surface area contributed by atoms with Gasteiger partial charge in [-0.25, -0.2) is 13.1 Å². The number of nitro benzene ring substituents is 1. The molecule has 0 fully saturated rings. The Hall–Kier alpha value is -3.20. The van der Waals surface area contributed by atoms with Crippen LogP contribution < -0.4 is 4.72 Å². The molecule has 3 aromatic rings. The topological polar surface area (TPSA) is 107 Å². The number of non-ortho nitro benzene ring substituents is 1. The van der Waals surface area contributed by atoms with Crippen LogP contribution >= 0.6 is 0 Å². The van der Waals surface area contributed by atoms with E-state index in [1.165, 1.54) is 24.3 Å². The molecular weight excluding hydrogens is 356 g/mol. The molecule has 0 saturated heterocycles. The highest BCUT2D eigenvalue weighted by atomic mass is 32.2. The highest BCUT2D eigenvalue weighted by Crippen LogP contribution is 2.26. The number of hydrogen-bond acceptors (Lipinski definition) is 5. The molecule has 134 valence electrons. The van der Waals surface area contributed by atoms with Crippen molar-refractivity contribution in [2.24, 2.45) is 0 Å². The summed E-state index contributed by atoms with van der Waals surface area (Å²) in [5.41, 5.74) is 1.45. The molecule has 2 aromatic carbocycles. The van der Waals surface area contributed by atoms with Crippen LogP contribution in [-0.2, 0) is 10.0 Å². The average molecular weight is 372 g/mol. The fraction of sp³-hybridized carbons (Fsp3) is 0.118.